The van der Waals surface area contributed by atoms with Crippen LogP contribution in [0.2, 0.25) is 10.0 Å². The number of rotatable bonds is 3. The van der Waals surface area contributed by atoms with Crippen LogP contribution in [0, 0.1) is 0 Å². The van der Waals surface area contributed by atoms with Gasteiger partial charge in [0.2, 0.25) is 0 Å². The molecule has 0 unspecified atom stereocenters. The molecule has 0 saturated heterocycles. The number of nitrogens with zero attached hydrogens (tertiary/aromatic N) is 1. The molecule has 1 aromatic carbocycles. The lowest BCUT2D eigenvalue weighted by Gasteiger charge is -2.06. The molecule has 0 spiro atoms. The Morgan fingerprint density at radius 3 is 2.47 bits per heavy atom. The van der Waals surface area contributed by atoms with Gasteiger partial charge in [-0.15, -0.1) is 0 Å². The van der Waals surface area contributed by atoms with Crippen molar-refractivity contribution in [1.82, 2.24) is 4.98 Å². The number of hydrogen-bond donors (Lipinski definition) is 0. The Labute approximate surface area is 122 Å². The highest BCUT2D eigenvalue weighted by molar-refractivity contribution is 7.89. The zero-order valence-electron chi connectivity index (χ0n) is 10.1. The molecule has 0 aliphatic carbocycles. The van der Waals surface area contributed by atoms with Crippen molar-refractivity contribution in [3.8, 4) is 11.3 Å². The molecule has 0 atom stereocenters. The lowest BCUT2D eigenvalue weighted by Crippen LogP contribution is -2.01. The maximum Gasteiger partial charge on any atom is 0.151 e. The Morgan fingerprint density at radius 1 is 1.16 bits per heavy atom. The van der Waals surface area contributed by atoms with E-state index in [9.17, 15) is 8.42 Å². The van der Waals surface area contributed by atoms with Crippen molar-refractivity contribution in [1.29, 1.82) is 0 Å². The second-order valence-electron chi connectivity index (χ2n) is 4.22. The van der Waals surface area contributed by atoms with Crippen molar-refractivity contribution in [3.05, 3.63) is 52.1 Å². The zero-order valence-corrected chi connectivity index (χ0v) is 12.4. The van der Waals surface area contributed by atoms with Gasteiger partial charge in [0, 0.05) is 18.0 Å². The fourth-order valence-corrected chi connectivity index (χ4v) is 2.85. The molecule has 0 bridgehead atoms. The SMILES string of the molecule is CS(=O)(=O)Cc1ccc(-c2cccc(Cl)c2Cl)nc1. The maximum absolute atomic E-state index is 11.2. The summed E-state index contributed by atoms with van der Waals surface area (Å²) >= 11 is 12.0. The van der Waals surface area contributed by atoms with E-state index >= 15 is 0 Å². The van der Waals surface area contributed by atoms with E-state index < -0.39 is 9.84 Å². The predicted octanol–water partition coefficient (Wildman–Crippen LogP) is 3.60. The van der Waals surface area contributed by atoms with Gasteiger partial charge in [0.15, 0.2) is 9.84 Å². The third kappa shape index (κ3) is 3.69. The molecule has 0 fully saturated rings. The van der Waals surface area contributed by atoms with Crippen LogP contribution < -0.4 is 0 Å². The first kappa shape index (κ1) is 14.3. The van der Waals surface area contributed by atoms with Crippen molar-refractivity contribution >= 4 is 33.0 Å². The van der Waals surface area contributed by atoms with E-state index in [1.54, 1.807) is 24.3 Å². The summed E-state index contributed by atoms with van der Waals surface area (Å²) in [5.74, 6) is -0.0242. The van der Waals surface area contributed by atoms with Crippen molar-refractivity contribution in [3.63, 3.8) is 0 Å². The summed E-state index contributed by atoms with van der Waals surface area (Å²) in [6.45, 7) is 0. The van der Waals surface area contributed by atoms with Gasteiger partial charge in [-0.1, -0.05) is 41.4 Å². The number of benzene rings is 1. The minimum Gasteiger partial charge on any atom is -0.256 e. The fraction of sp³-hybridized carbons (Fsp3) is 0.154. The van der Waals surface area contributed by atoms with Crippen LogP contribution in [-0.2, 0) is 15.6 Å². The molecule has 0 amide bonds. The van der Waals surface area contributed by atoms with Crippen molar-refractivity contribution in [2.75, 3.05) is 6.26 Å². The second kappa shape index (κ2) is 5.49. The summed E-state index contributed by atoms with van der Waals surface area (Å²) in [4.78, 5) is 4.23. The van der Waals surface area contributed by atoms with Gasteiger partial charge in [0.1, 0.15) is 0 Å². The predicted molar refractivity (Wildman–Crippen MR) is 78.2 cm³/mol. The third-order valence-electron chi connectivity index (χ3n) is 2.48. The molecule has 2 aromatic rings. The van der Waals surface area contributed by atoms with Crippen molar-refractivity contribution < 1.29 is 8.42 Å². The standard InChI is InChI=1S/C13H11Cl2NO2S/c1-19(17,18)8-9-5-6-12(16-7-9)10-3-2-4-11(14)13(10)15/h2-7H,8H2,1H3. The molecular weight excluding hydrogens is 305 g/mol. The Hall–Kier alpha value is -1.10. The molecule has 1 heterocycles. The summed E-state index contributed by atoms with van der Waals surface area (Å²) in [6.07, 6.45) is 2.72. The van der Waals surface area contributed by atoms with Gasteiger partial charge in [0.25, 0.3) is 0 Å². The molecule has 6 heteroatoms. The van der Waals surface area contributed by atoms with Crippen molar-refractivity contribution in [2.24, 2.45) is 0 Å². The molecule has 2 rings (SSSR count). The number of sulfone groups is 1. The summed E-state index contributed by atoms with van der Waals surface area (Å²) in [5.41, 5.74) is 2.02. The molecule has 19 heavy (non-hydrogen) atoms. The largest absolute Gasteiger partial charge is 0.256 e. The second-order valence-corrected chi connectivity index (χ2v) is 7.15. The zero-order chi connectivity index (χ0) is 14.0. The Morgan fingerprint density at radius 2 is 1.89 bits per heavy atom. The quantitative estimate of drug-likeness (QED) is 0.869. The number of aromatic nitrogens is 1. The molecule has 0 radical (unpaired) electrons. The molecule has 0 aliphatic rings. The highest BCUT2D eigenvalue weighted by Gasteiger charge is 2.09. The van der Waals surface area contributed by atoms with Gasteiger partial charge in [-0.25, -0.2) is 8.42 Å². The van der Waals surface area contributed by atoms with Gasteiger partial charge in [-0.05, 0) is 17.7 Å². The van der Waals surface area contributed by atoms with Crippen LogP contribution in [0.15, 0.2) is 36.5 Å². The van der Waals surface area contributed by atoms with E-state index in [1.807, 2.05) is 6.07 Å². The molecule has 1 aromatic heterocycles. The van der Waals surface area contributed by atoms with Gasteiger partial charge in [-0.3, -0.25) is 4.98 Å². The molecule has 0 saturated carbocycles. The lowest BCUT2D eigenvalue weighted by molar-refractivity contribution is 0.601. The highest BCUT2D eigenvalue weighted by atomic mass is 35.5. The smallest absolute Gasteiger partial charge is 0.151 e. The highest BCUT2D eigenvalue weighted by Crippen LogP contribution is 2.32. The molecule has 100 valence electrons. The normalized spacial score (nSPS) is 11.5. The topological polar surface area (TPSA) is 47.0 Å². The summed E-state index contributed by atoms with van der Waals surface area (Å²) < 4.78 is 22.4. The van der Waals surface area contributed by atoms with Crippen LogP contribution in [-0.4, -0.2) is 19.7 Å². The van der Waals surface area contributed by atoms with E-state index in [1.165, 1.54) is 12.5 Å². The number of halogens is 2. The van der Waals surface area contributed by atoms with Crippen LogP contribution >= 0.6 is 23.2 Å². The monoisotopic (exact) mass is 315 g/mol. The lowest BCUT2D eigenvalue weighted by atomic mass is 10.1. The Bertz CT molecular complexity index is 697. The van der Waals surface area contributed by atoms with Crippen LogP contribution in [0.4, 0.5) is 0 Å². The van der Waals surface area contributed by atoms with Crippen LogP contribution in [0.5, 0.6) is 0 Å². The van der Waals surface area contributed by atoms with Crippen LogP contribution in [0.25, 0.3) is 11.3 Å². The Kier molecular flexibility index (Phi) is 4.13. The molecule has 0 N–H and O–H groups in total. The minimum atomic E-state index is -3.06. The fourth-order valence-electron chi connectivity index (χ4n) is 1.67. The van der Waals surface area contributed by atoms with Gasteiger partial charge < -0.3 is 0 Å². The van der Waals surface area contributed by atoms with Crippen LogP contribution in [0.3, 0.4) is 0 Å². The van der Waals surface area contributed by atoms with Crippen molar-refractivity contribution in [2.45, 2.75) is 5.75 Å². The molecule has 3 nitrogen and oxygen atoms in total. The summed E-state index contributed by atoms with van der Waals surface area (Å²) in [5, 5.41) is 0.897. The summed E-state index contributed by atoms with van der Waals surface area (Å²) in [6, 6.07) is 8.76. The first-order valence-electron chi connectivity index (χ1n) is 5.44. The number of hydrogen-bond acceptors (Lipinski definition) is 3. The van der Waals surface area contributed by atoms with Gasteiger partial charge in [0.05, 0.1) is 21.5 Å². The molecular formula is C13H11Cl2NO2S. The van der Waals surface area contributed by atoms with Gasteiger partial charge >= 0.3 is 0 Å². The Balaban J connectivity index is 2.35. The van der Waals surface area contributed by atoms with E-state index in [-0.39, 0.29) is 5.75 Å². The van der Waals surface area contributed by atoms with Crippen LogP contribution in [0.1, 0.15) is 5.56 Å². The summed E-state index contributed by atoms with van der Waals surface area (Å²) in [7, 11) is -3.06. The van der Waals surface area contributed by atoms with E-state index in [2.05, 4.69) is 4.98 Å². The number of pyridine rings is 1. The first-order chi connectivity index (χ1) is 8.87. The minimum absolute atomic E-state index is 0.0242. The average molecular weight is 316 g/mol. The average Bonchev–Trinajstić information content (AvgIpc) is 2.32. The maximum atomic E-state index is 11.2. The van der Waals surface area contributed by atoms with Gasteiger partial charge in [-0.2, -0.15) is 0 Å². The first-order valence-corrected chi connectivity index (χ1v) is 8.25. The van der Waals surface area contributed by atoms with E-state index in [0.29, 0.717) is 21.3 Å². The molecule has 0 aliphatic heterocycles. The van der Waals surface area contributed by atoms with E-state index in [0.717, 1.165) is 5.56 Å². The third-order valence-corrected chi connectivity index (χ3v) is 4.16. The van der Waals surface area contributed by atoms with E-state index in [4.69, 9.17) is 23.2 Å².